The van der Waals surface area contributed by atoms with Crippen LogP contribution in [0.3, 0.4) is 0 Å². The first-order valence-corrected chi connectivity index (χ1v) is 8.56. The molecule has 10 heteroatoms. The second-order valence-corrected chi connectivity index (χ2v) is 6.19. The number of unbranched alkanes of at least 4 members (excludes halogenated alkanes) is 1. The first-order valence-electron chi connectivity index (χ1n) is 7.20. The Bertz CT molecular complexity index is 771. The summed E-state index contributed by atoms with van der Waals surface area (Å²) in [6, 6.07) is 7.38. The lowest BCUT2D eigenvalue weighted by molar-refractivity contribution is 0.540. The van der Waals surface area contributed by atoms with Crippen LogP contribution in [0, 0.1) is 0 Å². The molecule has 1 aromatic carbocycles. The average molecular weight is 351 g/mol. The molecule has 0 aliphatic heterocycles. The van der Waals surface area contributed by atoms with Gasteiger partial charge in [0.05, 0.1) is 11.4 Å². The van der Waals surface area contributed by atoms with E-state index in [0.29, 0.717) is 15.9 Å². The minimum absolute atomic E-state index is 0.595. The van der Waals surface area contributed by atoms with Crippen LogP contribution in [0.2, 0.25) is 5.02 Å². The van der Waals surface area contributed by atoms with Gasteiger partial charge in [-0.15, -0.1) is 10.2 Å². The standard InChI is InChI=1S/C13H15ClN8S/c1-2-3-7-21-12(15-17-19-21)9-23-13-16-18-20-22(13)11-6-4-5-10(14)8-11/h4-6,8H,2-3,7,9H2,1H3. The van der Waals surface area contributed by atoms with Crippen LogP contribution in [-0.2, 0) is 12.3 Å². The van der Waals surface area contributed by atoms with Gasteiger partial charge < -0.3 is 0 Å². The highest BCUT2D eigenvalue weighted by molar-refractivity contribution is 7.98. The van der Waals surface area contributed by atoms with E-state index in [0.717, 1.165) is 30.9 Å². The van der Waals surface area contributed by atoms with Crippen LogP contribution in [0.4, 0.5) is 0 Å². The maximum absolute atomic E-state index is 6.02. The van der Waals surface area contributed by atoms with Crippen LogP contribution in [0.25, 0.3) is 5.69 Å². The zero-order valence-corrected chi connectivity index (χ0v) is 14.1. The van der Waals surface area contributed by atoms with Crippen molar-refractivity contribution in [1.29, 1.82) is 0 Å². The summed E-state index contributed by atoms with van der Waals surface area (Å²) in [6.07, 6.45) is 2.14. The third kappa shape index (κ3) is 3.85. The lowest BCUT2D eigenvalue weighted by Crippen LogP contribution is -2.05. The van der Waals surface area contributed by atoms with Crippen LogP contribution in [0.1, 0.15) is 25.6 Å². The number of hydrogen-bond acceptors (Lipinski definition) is 7. The number of nitrogens with zero attached hydrogens (tertiary/aromatic N) is 8. The summed E-state index contributed by atoms with van der Waals surface area (Å²) in [5.74, 6) is 1.40. The molecule has 0 aliphatic carbocycles. The third-order valence-corrected chi connectivity index (χ3v) is 4.30. The highest BCUT2D eigenvalue weighted by atomic mass is 35.5. The fraction of sp³-hybridized carbons (Fsp3) is 0.385. The number of hydrogen-bond donors (Lipinski definition) is 0. The predicted molar refractivity (Wildman–Crippen MR) is 86.5 cm³/mol. The van der Waals surface area contributed by atoms with Crippen molar-refractivity contribution in [3.05, 3.63) is 35.1 Å². The molecular formula is C13H15ClN8S. The molecule has 0 spiro atoms. The smallest absolute Gasteiger partial charge is 0.214 e. The van der Waals surface area contributed by atoms with Crippen LogP contribution in [-0.4, -0.2) is 40.4 Å². The Morgan fingerprint density at radius 1 is 1.17 bits per heavy atom. The quantitative estimate of drug-likeness (QED) is 0.604. The van der Waals surface area contributed by atoms with Gasteiger partial charge >= 0.3 is 0 Å². The monoisotopic (exact) mass is 350 g/mol. The molecule has 8 nitrogen and oxygen atoms in total. The molecule has 23 heavy (non-hydrogen) atoms. The summed E-state index contributed by atoms with van der Waals surface area (Å²) < 4.78 is 3.47. The molecule has 0 atom stereocenters. The summed E-state index contributed by atoms with van der Waals surface area (Å²) in [4.78, 5) is 0. The van der Waals surface area contributed by atoms with E-state index in [9.17, 15) is 0 Å². The van der Waals surface area contributed by atoms with E-state index >= 15 is 0 Å². The SMILES string of the molecule is CCCCn1nnnc1CSc1nnnn1-c1cccc(Cl)c1. The summed E-state index contributed by atoms with van der Waals surface area (Å²) in [6.45, 7) is 2.95. The maximum atomic E-state index is 6.02. The second kappa shape index (κ2) is 7.51. The van der Waals surface area contributed by atoms with Gasteiger partial charge in [-0.05, 0) is 45.5 Å². The summed E-state index contributed by atoms with van der Waals surface area (Å²) in [5, 5.41) is 24.9. The first-order chi connectivity index (χ1) is 11.3. The van der Waals surface area contributed by atoms with Crippen molar-refractivity contribution in [3.63, 3.8) is 0 Å². The molecular weight excluding hydrogens is 336 g/mol. The van der Waals surface area contributed by atoms with Crippen LogP contribution in [0.5, 0.6) is 0 Å². The Morgan fingerprint density at radius 2 is 2.04 bits per heavy atom. The number of rotatable bonds is 7. The Balaban J connectivity index is 1.73. The molecule has 0 unspecified atom stereocenters. The highest BCUT2D eigenvalue weighted by Gasteiger charge is 2.12. The van der Waals surface area contributed by atoms with Crippen molar-refractivity contribution < 1.29 is 0 Å². The molecule has 0 saturated heterocycles. The number of thioether (sulfide) groups is 1. The normalized spacial score (nSPS) is 11.0. The van der Waals surface area contributed by atoms with Crippen molar-refractivity contribution in [2.24, 2.45) is 0 Å². The van der Waals surface area contributed by atoms with Gasteiger partial charge in [-0.25, -0.2) is 4.68 Å². The van der Waals surface area contributed by atoms with Gasteiger partial charge in [0.15, 0.2) is 5.82 Å². The van der Waals surface area contributed by atoms with Crippen LogP contribution in [0.15, 0.2) is 29.4 Å². The minimum Gasteiger partial charge on any atom is -0.229 e. The van der Waals surface area contributed by atoms with Crippen molar-refractivity contribution in [3.8, 4) is 5.69 Å². The van der Waals surface area contributed by atoms with Gasteiger partial charge in [0.25, 0.3) is 0 Å². The minimum atomic E-state index is 0.595. The van der Waals surface area contributed by atoms with Gasteiger partial charge in [0, 0.05) is 11.6 Å². The van der Waals surface area contributed by atoms with E-state index in [-0.39, 0.29) is 0 Å². The molecule has 0 radical (unpaired) electrons. The Labute approximate surface area is 142 Å². The number of aromatic nitrogens is 8. The Morgan fingerprint density at radius 3 is 2.87 bits per heavy atom. The number of halogens is 1. The van der Waals surface area contributed by atoms with Gasteiger partial charge in [0.1, 0.15) is 0 Å². The van der Waals surface area contributed by atoms with E-state index in [4.69, 9.17) is 11.6 Å². The fourth-order valence-corrected chi connectivity index (χ4v) is 2.98. The van der Waals surface area contributed by atoms with Crippen molar-refractivity contribution in [2.75, 3.05) is 0 Å². The third-order valence-electron chi connectivity index (χ3n) is 3.15. The number of tetrazole rings is 2. The van der Waals surface area contributed by atoms with Crippen molar-refractivity contribution in [2.45, 2.75) is 37.2 Å². The van der Waals surface area contributed by atoms with Crippen molar-refractivity contribution >= 4 is 23.4 Å². The molecule has 3 aromatic rings. The molecule has 0 bridgehead atoms. The molecule has 0 amide bonds. The highest BCUT2D eigenvalue weighted by Crippen LogP contribution is 2.22. The largest absolute Gasteiger partial charge is 0.229 e. The van der Waals surface area contributed by atoms with Gasteiger partial charge in [0.2, 0.25) is 5.16 Å². The van der Waals surface area contributed by atoms with E-state index in [1.54, 1.807) is 4.68 Å². The first kappa shape index (κ1) is 15.9. The van der Waals surface area contributed by atoms with Crippen LogP contribution >= 0.6 is 23.4 Å². The van der Waals surface area contributed by atoms with E-state index < -0.39 is 0 Å². The van der Waals surface area contributed by atoms with Gasteiger partial charge in [-0.2, -0.15) is 4.68 Å². The second-order valence-electron chi connectivity index (χ2n) is 4.81. The number of aryl methyl sites for hydroxylation is 1. The Kier molecular flexibility index (Phi) is 5.19. The number of benzene rings is 1. The zero-order valence-electron chi connectivity index (χ0n) is 12.5. The van der Waals surface area contributed by atoms with Crippen molar-refractivity contribution in [1.82, 2.24) is 40.4 Å². The summed E-state index contributed by atoms with van der Waals surface area (Å²) >= 11 is 7.50. The van der Waals surface area contributed by atoms with Gasteiger partial charge in [-0.1, -0.05) is 42.8 Å². The molecule has 120 valence electrons. The maximum Gasteiger partial charge on any atom is 0.214 e. The average Bonchev–Trinajstić information content (AvgIpc) is 3.19. The fourth-order valence-electron chi connectivity index (χ4n) is 1.98. The Hall–Kier alpha value is -2.00. The molecule has 2 aromatic heterocycles. The topological polar surface area (TPSA) is 87.2 Å². The summed E-state index contributed by atoms with van der Waals surface area (Å²) in [5.41, 5.74) is 0.815. The predicted octanol–water partition coefficient (Wildman–Crippen LogP) is 2.39. The van der Waals surface area contributed by atoms with E-state index in [1.165, 1.54) is 11.8 Å². The molecule has 0 N–H and O–H groups in total. The molecule has 0 fully saturated rings. The molecule has 2 heterocycles. The summed E-state index contributed by atoms with van der Waals surface area (Å²) in [7, 11) is 0. The molecule has 0 saturated carbocycles. The molecule has 0 aliphatic rings. The molecule has 3 rings (SSSR count). The zero-order chi connectivity index (χ0) is 16.1. The van der Waals surface area contributed by atoms with Gasteiger partial charge in [-0.3, -0.25) is 0 Å². The lowest BCUT2D eigenvalue weighted by Gasteiger charge is -2.05. The van der Waals surface area contributed by atoms with E-state index in [2.05, 4.69) is 38.0 Å². The van der Waals surface area contributed by atoms with E-state index in [1.807, 2.05) is 28.9 Å². The lowest BCUT2D eigenvalue weighted by atomic mass is 10.3. The van der Waals surface area contributed by atoms with Crippen LogP contribution < -0.4 is 0 Å².